The second-order valence-electron chi connectivity index (χ2n) is 5.96. The SMILES string of the molecule is COCC(C)NC(N)=NCc1ccc(OCc2ccccc2)c(OC)c1.I. The van der Waals surface area contributed by atoms with Crippen molar-refractivity contribution in [3.8, 4) is 11.5 Å². The maximum atomic E-state index is 5.89. The van der Waals surface area contributed by atoms with E-state index in [2.05, 4.69) is 10.3 Å². The van der Waals surface area contributed by atoms with Gasteiger partial charge in [0.05, 0.1) is 20.3 Å². The quantitative estimate of drug-likeness (QED) is 0.324. The molecule has 0 aromatic heterocycles. The Morgan fingerprint density at radius 2 is 1.81 bits per heavy atom. The van der Waals surface area contributed by atoms with Crippen LogP contribution in [0.5, 0.6) is 11.5 Å². The summed E-state index contributed by atoms with van der Waals surface area (Å²) in [5.74, 6) is 1.76. The van der Waals surface area contributed by atoms with Crippen molar-refractivity contribution in [2.45, 2.75) is 26.1 Å². The largest absolute Gasteiger partial charge is 0.493 e. The van der Waals surface area contributed by atoms with Crippen LogP contribution >= 0.6 is 24.0 Å². The first-order valence-corrected chi connectivity index (χ1v) is 8.51. The van der Waals surface area contributed by atoms with Crippen LogP contribution in [-0.2, 0) is 17.9 Å². The monoisotopic (exact) mass is 485 g/mol. The van der Waals surface area contributed by atoms with E-state index in [9.17, 15) is 0 Å². The van der Waals surface area contributed by atoms with Crippen molar-refractivity contribution in [3.63, 3.8) is 0 Å². The van der Waals surface area contributed by atoms with Crippen LogP contribution in [0.4, 0.5) is 0 Å². The van der Waals surface area contributed by atoms with Crippen molar-refractivity contribution in [3.05, 3.63) is 59.7 Å². The number of aliphatic imine (C=N–C) groups is 1. The average molecular weight is 485 g/mol. The maximum Gasteiger partial charge on any atom is 0.189 e. The minimum Gasteiger partial charge on any atom is -0.493 e. The van der Waals surface area contributed by atoms with Crippen molar-refractivity contribution in [2.75, 3.05) is 20.8 Å². The minimum absolute atomic E-state index is 0. The molecular weight excluding hydrogens is 457 g/mol. The average Bonchev–Trinajstić information content (AvgIpc) is 2.66. The molecule has 0 aliphatic rings. The third-order valence-corrected chi connectivity index (χ3v) is 3.71. The molecule has 0 bridgehead atoms. The van der Waals surface area contributed by atoms with Crippen LogP contribution in [-0.4, -0.2) is 32.8 Å². The molecule has 2 aromatic carbocycles. The van der Waals surface area contributed by atoms with Gasteiger partial charge in [-0.2, -0.15) is 0 Å². The molecule has 0 fully saturated rings. The molecule has 0 saturated carbocycles. The third-order valence-electron chi connectivity index (χ3n) is 3.71. The smallest absolute Gasteiger partial charge is 0.189 e. The van der Waals surface area contributed by atoms with Crippen LogP contribution < -0.4 is 20.5 Å². The van der Waals surface area contributed by atoms with E-state index in [0.717, 1.165) is 11.1 Å². The number of nitrogens with zero attached hydrogens (tertiary/aromatic N) is 1. The van der Waals surface area contributed by atoms with E-state index in [1.165, 1.54) is 0 Å². The number of guanidine groups is 1. The molecule has 0 amide bonds. The van der Waals surface area contributed by atoms with Crippen molar-refractivity contribution in [2.24, 2.45) is 10.7 Å². The van der Waals surface area contributed by atoms with Gasteiger partial charge >= 0.3 is 0 Å². The van der Waals surface area contributed by atoms with Crippen LogP contribution in [0.1, 0.15) is 18.1 Å². The molecule has 0 saturated heterocycles. The molecule has 0 spiro atoms. The number of methoxy groups -OCH3 is 2. The van der Waals surface area contributed by atoms with Crippen LogP contribution in [0.15, 0.2) is 53.5 Å². The van der Waals surface area contributed by atoms with Gasteiger partial charge in [-0.05, 0) is 30.2 Å². The molecule has 0 radical (unpaired) electrons. The molecule has 6 nitrogen and oxygen atoms in total. The number of hydrogen-bond acceptors (Lipinski definition) is 4. The normalized spacial score (nSPS) is 12.0. The van der Waals surface area contributed by atoms with Gasteiger partial charge in [-0.15, -0.1) is 24.0 Å². The summed E-state index contributed by atoms with van der Waals surface area (Å²) in [7, 11) is 3.28. The van der Waals surface area contributed by atoms with Crippen LogP contribution in [0.2, 0.25) is 0 Å². The summed E-state index contributed by atoms with van der Waals surface area (Å²) in [6.45, 7) is 3.49. The van der Waals surface area contributed by atoms with Crippen molar-refractivity contribution < 1.29 is 14.2 Å². The molecule has 1 unspecified atom stereocenters. The van der Waals surface area contributed by atoms with E-state index in [0.29, 0.717) is 37.2 Å². The Labute approximate surface area is 178 Å². The van der Waals surface area contributed by atoms with Crippen molar-refractivity contribution in [1.82, 2.24) is 5.32 Å². The molecule has 0 heterocycles. The highest BCUT2D eigenvalue weighted by atomic mass is 127. The fourth-order valence-corrected chi connectivity index (χ4v) is 2.43. The lowest BCUT2D eigenvalue weighted by atomic mass is 10.2. The van der Waals surface area contributed by atoms with Crippen molar-refractivity contribution >= 4 is 29.9 Å². The van der Waals surface area contributed by atoms with E-state index in [4.69, 9.17) is 19.9 Å². The first kappa shape index (κ1) is 23.0. The van der Waals surface area contributed by atoms with Gasteiger partial charge in [-0.25, -0.2) is 4.99 Å². The lowest BCUT2D eigenvalue weighted by molar-refractivity contribution is 0.179. The molecule has 2 aromatic rings. The van der Waals surface area contributed by atoms with E-state index in [1.807, 2.05) is 55.5 Å². The molecule has 27 heavy (non-hydrogen) atoms. The van der Waals surface area contributed by atoms with Crippen LogP contribution in [0, 0.1) is 0 Å². The van der Waals surface area contributed by atoms with Crippen molar-refractivity contribution in [1.29, 1.82) is 0 Å². The van der Waals surface area contributed by atoms with Crippen LogP contribution in [0.25, 0.3) is 0 Å². The fourth-order valence-electron chi connectivity index (χ4n) is 2.43. The van der Waals surface area contributed by atoms with E-state index in [-0.39, 0.29) is 30.0 Å². The number of nitrogens with two attached hydrogens (primary N) is 1. The van der Waals surface area contributed by atoms with Gasteiger partial charge < -0.3 is 25.3 Å². The van der Waals surface area contributed by atoms with Gasteiger partial charge in [0.2, 0.25) is 0 Å². The predicted molar refractivity (Wildman–Crippen MR) is 119 cm³/mol. The highest BCUT2D eigenvalue weighted by Gasteiger charge is 2.07. The highest BCUT2D eigenvalue weighted by Crippen LogP contribution is 2.29. The standard InChI is InChI=1S/C20H27N3O3.HI/c1-15(13-24-2)23-20(21)22-12-17-9-10-18(19(11-17)25-3)26-14-16-7-5-4-6-8-16;/h4-11,15H,12-14H2,1-3H3,(H3,21,22,23);1H. The van der Waals surface area contributed by atoms with Gasteiger partial charge in [0, 0.05) is 13.2 Å². The molecule has 0 aliphatic carbocycles. The maximum absolute atomic E-state index is 5.89. The zero-order valence-electron chi connectivity index (χ0n) is 16.0. The Bertz CT molecular complexity index is 711. The van der Waals surface area contributed by atoms with Crippen LogP contribution in [0.3, 0.4) is 0 Å². The number of hydrogen-bond donors (Lipinski definition) is 2. The zero-order chi connectivity index (χ0) is 18.8. The molecule has 2 rings (SSSR count). The molecular formula is C20H28IN3O3. The molecule has 148 valence electrons. The Morgan fingerprint density at radius 1 is 1.07 bits per heavy atom. The second kappa shape index (κ2) is 12.4. The summed E-state index contributed by atoms with van der Waals surface area (Å²) in [5, 5.41) is 3.08. The molecule has 7 heteroatoms. The summed E-state index contributed by atoms with van der Waals surface area (Å²) < 4.78 is 16.4. The lowest BCUT2D eigenvalue weighted by Gasteiger charge is -2.14. The minimum atomic E-state index is 0. The number of nitrogens with one attached hydrogen (secondary N) is 1. The number of rotatable bonds is 9. The Morgan fingerprint density at radius 3 is 2.48 bits per heavy atom. The van der Waals surface area contributed by atoms with E-state index < -0.39 is 0 Å². The first-order chi connectivity index (χ1) is 12.6. The van der Waals surface area contributed by atoms with E-state index in [1.54, 1.807) is 14.2 Å². The number of benzene rings is 2. The second-order valence-corrected chi connectivity index (χ2v) is 5.96. The molecule has 3 N–H and O–H groups in total. The fraction of sp³-hybridized carbons (Fsp3) is 0.350. The summed E-state index contributed by atoms with van der Waals surface area (Å²) in [6.07, 6.45) is 0. The summed E-state index contributed by atoms with van der Waals surface area (Å²) in [5.41, 5.74) is 7.98. The van der Waals surface area contributed by atoms with Gasteiger partial charge in [-0.1, -0.05) is 36.4 Å². The summed E-state index contributed by atoms with van der Waals surface area (Å²) in [4.78, 5) is 4.35. The van der Waals surface area contributed by atoms with Gasteiger partial charge in [0.25, 0.3) is 0 Å². The summed E-state index contributed by atoms with van der Waals surface area (Å²) in [6, 6.07) is 15.9. The van der Waals surface area contributed by atoms with Gasteiger partial charge in [-0.3, -0.25) is 0 Å². The lowest BCUT2D eigenvalue weighted by Crippen LogP contribution is -2.40. The zero-order valence-corrected chi connectivity index (χ0v) is 18.3. The Kier molecular flexibility index (Phi) is 10.6. The number of halogens is 1. The third kappa shape index (κ3) is 8.04. The predicted octanol–water partition coefficient (Wildman–Crippen LogP) is 3.33. The topological polar surface area (TPSA) is 78.1 Å². The Balaban J connectivity index is 0.00000364. The van der Waals surface area contributed by atoms with Gasteiger partial charge in [0.1, 0.15) is 6.61 Å². The highest BCUT2D eigenvalue weighted by molar-refractivity contribution is 14.0. The van der Waals surface area contributed by atoms with E-state index >= 15 is 0 Å². The van der Waals surface area contributed by atoms with Gasteiger partial charge in [0.15, 0.2) is 17.5 Å². The number of ether oxygens (including phenoxy) is 3. The molecule has 0 aliphatic heterocycles. The first-order valence-electron chi connectivity index (χ1n) is 8.51. The Hall–Kier alpha value is -2.00. The molecule has 1 atom stereocenters. The summed E-state index contributed by atoms with van der Waals surface area (Å²) >= 11 is 0.